The van der Waals surface area contributed by atoms with Gasteiger partial charge in [-0.2, -0.15) is 0 Å². The van der Waals surface area contributed by atoms with Gasteiger partial charge in [0.1, 0.15) is 17.4 Å². The Kier molecular flexibility index (Phi) is 5.77. The molecule has 0 bridgehead atoms. The summed E-state index contributed by atoms with van der Waals surface area (Å²) in [6.45, 7) is 8.95. The first-order chi connectivity index (χ1) is 14.7. The van der Waals surface area contributed by atoms with Gasteiger partial charge in [0, 0.05) is 32.2 Å². The van der Waals surface area contributed by atoms with Crippen LogP contribution in [0.2, 0.25) is 0 Å². The molecule has 4 rings (SSSR count). The van der Waals surface area contributed by atoms with Crippen molar-refractivity contribution in [3.63, 3.8) is 0 Å². The van der Waals surface area contributed by atoms with Crippen molar-refractivity contribution in [3.8, 4) is 0 Å². The highest BCUT2D eigenvalue weighted by Gasteiger charge is 2.33. The van der Waals surface area contributed by atoms with Crippen molar-refractivity contribution in [2.45, 2.75) is 52.1 Å². The Balaban J connectivity index is 1.33. The first-order valence-corrected chi connectivity index (χ1v) is 11.0. The zero-order chi connectivity index (χ0) is 22.2. The quantitative estimate of drug-likeness (QED) is 0.797. The summed E-state index contributed by atoms with van der Waals surface area (Å²) in [6.07, 6.45) is 5.44. The third-order valence-corrected chi connectivity index (χ3v) is 6.23. The largest absolute Gasteiger partial charge is 0.445 e. The van der Waals surface area contributed by atoms with E-state index < -0.39 is 11.5 Å². The minimum absolute atomic E-state index is 0.100. The molecule has 2 fully saturated rings. The van der Waals surface area contributed by atoms with Gasteiger partial charge in [-0.25, -0.2) is 14.8 Å². The molecule has 0 unspecified atom stereocenters. The van der Waals surface area contributed by atoms with Crippen LogP contribution in [-0.4, -0.2) is 58.6 Å². The second-order valence-corrected chi connectivity index (χ2v) is 9.52. The summed E-state index contributed by atoms with van der Waals surface area (Å²) in [5, 5.41) is 0. The number of likely N-dealkylation sites (tertiary alicyclic amines) is 1. The number of furan rings is 1. The maximum atomic E-state index is 12.3. The summed E-state index contributed by atoms with van der Waals surface area (Å²) >= 11 is 0. The summed E-state index contributed by atoms with van der Waals surface area (Å²) < 4.78 is 11.1. The minimum Gasteiger partial charge on any atom is -0.445 e. The van der Waals surface area contributed by atoms with E-state index in [0.717, 1.165) is 57.7 Å². The molecule has 31 heavy (non-hydrogen) atoms. The van der Waals surface area contributed by atoms with Crippen LogP contribution in [0.4, 0.5) is 10.6 Å². The van der Waals surface area contributed by atoms with Gasteiger partial charge in [0.05, 0.1) is 0 Å². The van der Waals surface area contributed by atoms with Crippen LogP contribution in [0.5, 0.6) is 0 Å². The Morgan fingerprint density at radius 1 is 1.06 bits per heavy atom. The summed E-state index contributed by atoms with van der Waals surface area (Å²) in [4.78, 5) is 36.4. The van der Waals surface area contributed by atoms with E-state index in [1.54, 1.807) is 6.07 Å². The number of carbonyl (C=O) groups excluding carboxylic acids is 2. The first-order valence-electron chi connectivity index (χ1n) is 11.0. The van der Waals surface area contributed by atoms with Gasteiger partial charge in [-0.05, 0) is 58.3 Å². The van der Waals surface area contributed by atoms with E-state index in [9.17, 15) is 9.59 Å². The van der Waals surface area contributed by atoms with E-state index >= 15 is 0 Å². The molecule has 2 aliphatic heterocycles. The number of ether oxygens (including phenoxy) is 1. The lowest BCUT2D eigenvalue weighted by molar-refractivity contribution is 0.0152. The van der Waals surface area contributed by atoms with Crippen molar-refractivity contribution in [2.75, 3.05) is 31.1 Å². The van der Waals surface area contributed by atoms with E-state index in [-0.39, 0.29) is 11.9 Å². The molecule has 0 spiro atoms. The highest BCUT2D eigenvalue weighted by molar-refractivity contribution is 5.96. The lowest BCUT2D eigenvalue weighted by atomic mass is 9.79. The molecule has 0 saturated carbocycles. The van der Waals surface area contributed by atoms with E-state index in [1.165, 1.54) is 6.33 Å². The topological polar surface area (TPSA) is 115 Å². The number of fused-ring (bicyclic) bond motifs is 1. The molecule has 2 amide bonds. The Morgan fingerprint density at radius 3 is 2.26 bits per heavy atom. The molecule has 168 valence electrons. The Morgan fingerprint density at radius 2 is 1.68 bits per heavy atom. The molecule has 0 radical (unpaired) electrons. The maximum Gasteiger partial charge on any atom is 0.410 e. The van der Waals surface area contributed by atoms with Gasteiger partial charge in [-0.3, -0.25) is 4.79 Å². The third kappa shape index (κ3) is 4.75. The normalized spacial score (nSPS) is 19.1. The smallest absolute Gasteiger partial charge is 0.410 e. The van der Waals surface area contributed by atoms with E-state index in [2.05, 4.69) is 14.9 Å². The minimum atomic E-state index is -0.611. The van der Waals surface area contributed by atoms with Crippen molar-refractivity contribution in [1.82, 2.24) is 14.9 Å². The van der Waals surface area contributed by atoms with Crippen molar-refractivity contribution in [1.29, 1.82) is 0 Å². The van der Waals surface area contributed by atoms with Gasteiger partial charge in [-0.1, -0.05) is 0 Å². The van der Waals surface area contributed by atoms with Crippen molar-refractivity contribution >= 4 is 28.9 Å². The summed E-state index contributed by atoms with van der Waals surface area (Å²) in [6, 6.07) is 1.56. The number of hydrogen-bond acceptors (Lipinski definition) is 7. The Labute approximate surface area is 181 Å². The number of amides is 2. The van der Waals surface area contributed by atoms with Crippen LogP contribution in [0.3, 0.4) is 0 Å². The number of primary amides is 1. The SMILES string of the molecule is CC(C)(C)OC(=O)N1CCC(C2CCN(c3ncnc4cc(C(N)=O)oc34)CC2)CC1. The number of nitrogens with zero attached hydrogens (tertiary/aromatic N) is 4. The van der Waals surface area contributed by atoms with Crippen LogP contribution in [0.1, 0.15) is 57.0 Å². The molecular formula is C22H31N5O4. The van der Waals surface area contributed by atoms with Crippen LogP contribution in [-0.2, 0) is 4.74 Å². The molecule has 2 aliphatic rings. The molecule has 2 saturated heterocycles. The summed E-state index contributed by atoms with van der Waals surface area (Å²) in [7, 11) is 0. The first kappa shape index (κ1) is 21.4. The average Bonchev–Trinajstić information content (AvgIpc) is 3.18. The van der Waals surface area contributed by atoms with Crippen LogP contribution in [0, 0.1) is 11.8 Å². The standard InChI is InChI=1S/C22H31N5O4/c1-22(2,3)31-21(29)27-10-6-15(7-11-27)14-4-8-26(9-5-14)20-18-16(24-13-25-20)12-17(30-18)19(23)28/h12-15H,4-11H2,1-3H3,(H2,23,28). The third-order valence-electron chi connectivity index (χ3n) is 6.23. The molecular weight excluding hydrogens is 398 g/mol. The van der Waals surface area contributed by atoms with Crippen molar-refractivity contribution in [2.24, 2.45) is 17.6 Å². The molecule has 2 N–H and O–H groups in total. The summed E-state index contributed by atoms with van der Waals surface area (Å²) in [5.41, 5.74) is 5.99. The maximum absolute atomic E-state index is 12.3. The zero-order valence-corrected chi connectivity index (χ0v) is 18.5. The van der Waals surface area contributed by atoms with E-state index in [0.29, 0.717) is 22.9 Å². The van der Waals surface area contributed by atoms with Gasteiger partial charge in [0.15, 0.2) is 17.2 Å². The van der Waals surface area contributed by atoms with Gasteiger partial charge >= 0.3 is 6.09 Å². The van der Waals surface area contributed by atoms with Crippen LogP contribution in [0.15, 0.2) is 16.8 Å². The summed E-state index contributed by atoms with van der Waals surface area (Å²) in [5.74, 6) is 1.46. The number of aromatic nitrogens is 2. The molecule has 4 heterocycles. The fourth-order valence-electron chi connectivity index (χ4n) is 4.65. The van der Waals surface area contributed by atoms with E-state index in [4.69, 9.17) is 14.9 Å². The predicted octanol–water partition coefficient (Wildman–Crippen LogP) is 3.19. The second kappa shape index (κ2) is 8.36. The van der Waals surface area contributed by atoms with E-state index in [1.807, 2.05) is 25.7 Å². The molecule has 0 aliphatic carbocycles. The number of hydrogen-bond donors (Lipinski definition) is 1. The van der Waals surface area contributed by atoms with Crippen molar-refractivity contribution in [3.05, 3.63) is 18.2 Å². The molecule has 2 aromatic rings. The number of nitrogens with two attached hydrogens (primary N) is 1. The zero-order valence-electron chi connectivity index (χ0n) is 18.5. The number of carbonyl (C=O) groups is 2. The lowest BCUT2D eigenvalue weighted by Gasteiger charge is -2.40. The van der Waals surface area contributed by atoms with Crippen molar-refractivity contribution < 1.29 is 18.7 Å². The second-order valence-electron chi connectivity index (χ2n) is 9.52. The Bertz CT molecular complexity index is 950. The van der Waals surface area contributed by atoms with Gasteiger partial charge in [0.2, 0.25) is 0 Å². The fraction of sp³-hybridized carbons (Fsp3) is 0.636. The van der Waals surface area contributed by atoms with Gasteiger partial charge in [-0.15, -0.1) is 0 Å². The number of rotatable bonds is 3. The van der Waals surface area contributed by atoms with Crippen LogP contribution >= 0.6 is 0 Å². The fourth-order valence-corrected chi connectivity index (χ4v) is 4.65. The highest BCUT2D eigenvalue weighted by atomic mass is 16.6. The molecule has 9 heteroatoms. The van der Waals surface area contributed by atoms with Gasteiger partial charge < -0.3 is 24.7 Å². The predicted molar refractivity (Wildman–Crippen MR) is 116 cm³/mol. The molecule has 0 aromatic carbocycles. The Hall–Kier alpha value is -2.84. The number of anilines is 1. The number of piperidine rings is 2. The molecule has 2 aromatic heterocycles. The average molecular weight is 430 g/mol. The monoisotopic (exact) mass is 429 g/mol. The molecule has 0 atom stereocenters. The lowest BCUT2D eigenvalue weighted by Crippen LogP contribution is -2.44. The van der Waals surface area contributed by atoms with Crippen LogP contribution < -0.4 is 10.6 Å². The molecule has 9 nitrogen and oxygen atoms in total. The highest BCUT2D eigenvalue weighted by Crippen LogP contribution is 2.35. The van der Waals surface area contributed by atoms with Gasteiger partial charge in [0.25, 0.3) is 5.91 Å². The van der Waals surface area contributed by atoms with Crippen LogP contribution in [0.25, 0.3) is 11.1 Å².